The number of epoxide rings is 1. The van der Waals surface area contributed by atoms with E-state index in [4.69, 9.17) is 4.74 Å². The van der Waals surface area contributed by atoms with Crippen LogP contribution >= 0.6 is 0 Å². The second-order valence-electron chi connectivity index (χ2n) is 2.37. The molecule has 1 aliphatic rings. The summed E-state index contributed by atoms with van der Waals surface area (Å²) in [6, 6.07) is 6.42. The van der Waals surface area contributed by atoms with Gasteiger partial charge >= 0.3 is 0 Å². The maximum Gasteiger partial charge on any atom is 0.123 e. The van der Waals surface area contributed by atoms with E-state index >= 15 is 0 Å². The standard InChI is InChI=1S/C8H7FO.C2H6/c9-7-3-1-6(2-4-7)8-5-10-8;1-2/h1-4,8H,5H2;1-2H3/t8-;/m0./s1. The fourth-order valence-corrected chi connectivity index (χ4v) is 0.918. The van der Waals surface area contributed by atoms with Crippen molar-refractivity contribution in [1.29, 1.82) is 0 Å². The molecule has 1 saturated heterocycles. The summed E-state index contributed by atoms with van der Waals surface area (Å²) in [6.07, 6.45) is 0.237. The van der Waals surface area contributed by atoms with E-state index in [9.17, 15) is 4.39 Å². The lowest BCUT2D eigenvalue weighted by Crippen LogP contribution is -1.79. The smallest absolute Gasteiger partial charge is 0.123 e. The Hall–Kier alpha value is -0.890. The maximum absolute atomic E-state index is 12.3. The minimum Gasteiger partial charge on any atom is -0.368 e. The van der Waals surface area contributed by atoms with Gasteiger partial charge in [-0.05, 0) is 17.7 Å². The van der Waals surface area contributed by atoms with Gasteiger partial charge < -0.3 is 4.74 Å². The van der Waals surface area contributed by atoms with Crippen LogP contribution in [0.25, 0.3) is 0 Å². The second-order valence-corrected chi connectivity index (χ2v) is 2.37. The van der Waals surface area contributed by atoms with Crippen LogP contribution in [0, 0.1) is 5.82 Å². The van der Waals surface area contributed by atoms with Crippen molar-refractivity contribution in [3.05, 3.63) is 35.6 Å². The molecule has 0 spiro atoms. The molecule has 1 heterocycles. The zero-order valence-electron chi connectivity index (χ0n) is 7.38. The number of ether oxygens (including phenoxy) is 1. The summed E-state index contributed by atoms with van der Waals surface area (Å²) in [4.78, 5) is 0. The molecule has 1 aliphatic heterocycles. The molecule has 2 rings (SSSR count). The molecule has 0 bridgehead atoms. The molecule has 0 radical (unpaired) electrons. The van der Waals surface area contributed by atoms with Crippen LogP contribution in [0.5, 0.6) is 0 Å². The van der Waals surface area contributed by atoms with Gasteiger partial charge in [-0.3, -0.25) is 0 Å². The number of benzene rings is 1. The highest BCUT2D eigenvalue weighted by Gasteiger charge is 2.24. The average molecular weight is 168 g/mol. The van der Waals surface area contributed by atoms with Crippen molar-refractivity contribution in [2.45, 2.75) is 20.0 Å². The van der Waals surface area contributed by atoms with Crippen LogP contribution in [0.3, 0.4) is 0 Å². The number of hydrogen-bond donors (Lipinski definition) is 0. The predicted octanol–water partition coefficient (Wildman–Crippen LogP) is 2.92. The van der Waals surface area contributed by atoms with E-state index in [1.165, 1.54) is 12.1 Å². The van der Waals surface area contributed by atoms with Crippen LogP contribution < -0.4 is 0 Å². The van der Waals surface area contributed by atoms with Crippen molar-refractivity contribution >= 4 is 0 Å². The fraction of sp³-hybridized carbons (Fsp3) is 0.400. The largest absolute Gasteiger partial charge is 0.368 e. The summed E-state index contributed by atoms with van der Waals surface area (Å²) in [5.74, 6) is -0.190. The van der Waals surface area contributed by atoms with Crippen molar-refractivity contribution in [2.75, 3.05) is 6.61 Å². The third kappa shape index (κ3) is 2.31. The summed E-state index contributed by atoms with van der Waals surface area (Å²) in [5.41, 5.74) is 1.07. The van der Waals surface area contributed by atoms with Gasteiger partial charge in [0.25, 0.3) is 0 Å². The quantitative estimate of drug-likeness (QED) is 0.587. The van der Waals surface area contributed by atoms with Crippen molar-refractivity contribution < 1.29 is 9.13 Å². The Labute approximate surface area is 72.2 Å². The van der Waals surface area contributed by atoms with Crippen LogP contribution in [-0.4, -0.2) is 6.61 Å². The highest BCUT2D eigenvalue weighted by molar-refractivity contribution is 5.20. The summed E-state index contributed by atoms with van der Waals surface area (Å²) in [5, 5.41) is 0. The van der Waals surface area contributed by atoms with Gasteiger partial charge in [-0.1, -0.05) is 26.0 Å². The van der Waals surface area contributed by atoms with E-state index in [1.54, 1.807) is 12.1 Å². The van der Waals surface area contributed by atoms with E-state index in [0.29, 0.717) is 0 Å². The van der Waals surface area contributed by atoms with E-state index in [0.717, 1.165) is 12.2 Å². The molecule has 66 valence electrons. The molecule has 1 fully saturated rings. The highest BCUT2D eigenvalue weighted by atomic mass is 19.1. The molecule has 0 aromatic heterocycles. The summed E-state index contributed by atoms with van der Waals surface area (Å²) < 4.78 is 17.3. The molecule has 0 unspecified atom stereocenters. The highest BCUT2D eigenvalue weighted by Crippen LogP contribution is 2.29. The fourth-order valence-electron chi connectivity index (χ4n) is 0.918. The van der Waals surface area contributed by atoms with Crippen LogP contribution in [-0.2, 0) is 4.74 Å². The van der Waals surface area contributed by atoms with Crippen molar-refractivity contribution in [2.24, 2.45) is 0 Å². The zero-order chi connectivity index (χ0) is 8.97. The Balaban J connectivity index is 0.000000336. The summed E-state index contributed by atoms with van der Waals surface area (Å²) in [7, 11) is 0. The van der Waals surface area contributed by atoms with Gasteiger partial charge in [0, 0.05) is 0 Å². The first-order valence-electron chi connectivity index (χ1n) is 4.23. The molecule has 12 heavy (non-hydrogen) atoms. The molecular formula is C10H13FO. The zero-order valence-corrected chi connectivity index (χ0v) is 7.38. The SMILES string of the molecule is CC.Fc1ccc([C@@H]2CO2)cc1. The lowest BCUT2D eigenvalue weighted by molar-refractivity contribution is 0.415. The topological polar surface area (TPSA) is 12.5 Å². The molecular weight excluding hydrogens is 155 g/mol. The monoisotopic (exact) mass is 168 g/mol. The Morgan fingerprint density at radius 1 is 1.25 bits per heavy atom. The third-order valence-electron chi connectivity index (χ3n) is 1.58. The molecule has 2 heteroatoms. The first-order chi connectivity index (χ1) is 5.86. The van der Waals surface area contributed by atoms with Gasteiger partial charge in [-0.25, -0.2) is 4.39 Å². The summed E-state index contributed by atoms with van der Waals surface area (Å²) in [6.45, 7) is 4.78. The number of hydrogen-bond acceptors (Lipinski definition) is 1. The van der Waals surface area contributed by atoms with Crippen molar-refractivity contribution in [1.82, 2.24) is 0 Å². The molecule has 1 atom stereocenters. The lowest BCUT2D eigenvalue weighted by atomic mass is 10.2. The Kier molecular flexibility index (Phi) is 3.23. The lowest BCUT2D eigenvalue weighted by Gasteiger charge is -1.92. The van der Waals surface area contributed by atoms with Gasteiger partial charge in [0.1, 0.15) is 11.9 Å². The maximum atomic E-state index is 12.3. The van der Waals surface area contributed by atoms with Crippen molar-refractivity contribution in [3.8, 4) is 0 Å². The minimum absolute atomic E-state index is 0.190. The predicted molar refractivity (Wildman–Crippen MR) is 46.4 cm³/mol. The van der Waals surface area contributed by atoms with Gasteiger partial charge in [0.2, 0.25) is 0 Å². The first-order valence-corrected chi connectivity index (χ1v) is 4.23. The minimum atomic E-state index is -0.190. The van der Waals surface area contributed by atoms with Gasteiger partial charge in [0.15, 0.2) is 0 Å². The molecule has 1 aromatic rings. The molecule has 0 N–H and O–H groups in total. The van der Waals surface area contributed by atoms with Crippen LogP contribution in [0.1, 0.15) is 25.5 Å². The van der Waals surface area contributed by atoms with Gasteiger partial charge in [0.05, 0.1) is 6.61 Å². The number of halogens is 1. The van der Waals surface area contributed by atoms with Crippen molar-refractivity contribution in [3.63, 3.8) is 0 Å². The van der Waals surface area contributed by atoms with E-state index in [2.05, 4.69) is 0 Å². The third-order valence-corrected chi connectivity index (χ3v) is 1.58. The van der Waals surface area contributed by atoms with Crippen LogP contribution in [0.2, 0.25) is 0 Å². The van der Waals surface area contributed by atoms with E-state index in [1.807, 2.05) is 13.8 Å². The van der Waals surface area contributed by atoms with Gasteiger partial charge in [-0.2, -0.15) is 0 Å². The van der Waals surface area contributed by atoms with E-state index in [-0.39, 0.29) is 11.9 Å². The molecule has 0 saturated carbocycles. The second kappa shape index (κ2) is 4.21. The molecule has 0 amide bonds. The molecule has 1 nitrogen and oxygen atoms in total. The Bertz CT molecular complexity index is 226. The molecule has 0 aliphatic carbocycles. The van der Waals surface area contributed by atoms with Crippen LogP contribution in [0.15, 0.2) is 24.3 Å². The van der Waals surface area contributed by atoms with E-state index < -0.39 is 0 Å². The Morgan fingerprint density at radius 3 is 2.17 bits per heavy atom. The average Bonchev–Trinajstić information content (AvgIpc) is 2.93. The van der Waals surface area contributed by atoms with Crippen LogP contribution in [0.4, 0.5) is 4.39 Å². The number of rotatable bonds is 1. The Morgan fingerprint density at radius 2 is 1.75 bits per heavy atom. The van der Waals surface area contributed by atoms with Gasteiger partial charge in [-0.15, -0.1) is 0 Å². The molecule has 1 aromatic carbocycles. The summed E-state index contributed by atoms with van der Waals surface area (Å²) >= 11 is 0. The normalized spacial score (nSPS) is 19.4. The first kappa shape index (κ1) is 9.20.